The molecule has 0 bridgehead atoms. The van der Waals surface area contributed by atoms with Crippen molar-refractivity contribution in [3.05, 3.63) is 0 Å². The SMILES string of the molecule is CCCC(C#N)NC(=O)C1CCCC(C(F)(F)F)C1. The fraction of sp³-hybridized carbons (Fsp3) is 0.846. The molecule has 0 aromatic heterocycles. The summed E-state index contributed by atoms with van der Waals surface area (Å²) in [5.74, 6) is -2.41. The molecule has 0 aromatic carbocycles. The molecule has 6 heteroatoms. The lowest BCUT2D eigenvalue weighted by Crippen LogP contribution is -2.41. The predicted octanol–water partition coefficient (Wildman–Crippen LogP) is 3.16. The van der Waals surface area contributed by atoms with Crippen LogP contribution < -0.4 is 5.32 Å². The Morgan fingerprint density at radius 1 is 1.47 bits per heavy atom. The number of halogens is 3. The maximum atomic E-state index is 12.6. The quantitative estimate of drug-likeness (QED) is 0.857. The second kappa shape index (κ2) is 6.78. The molecule has 1 rings (SSSR count). The van der Waals surface area contributed by atoms with E-state index in [4.69, 9.17) is 5.26 Å². The minimum Gasteiger partial charge on any atom is -0.340 e. The van der Waals surface area contributed by atoms with Gasteiger partial charge in [0, 0.05) is 5.92 Å². The molecule has 19 heavy (non-hydrogen) atoms. The first-order chi connectivity index (χ1) is 8.88. The van der Waals surface area contributed by atoms with Crippen LogP contribution in [0, 0.1) is 23.2 Å². The van der Waals surface area contributed by atoms with Gasteiger partial charge in [-0.25, -0.2) is 0 Å². The van der Waals surface area contributed by atoms with Crippen molar-refractivity contribution in [2.24, 2.45) is 11.8 Å². The van der Waals surface area contributed by atoms with Gasteiger partial charge in [0.05, 0.1) is 12.0 Å². The third-order valence-corrected chi connectivity index (χ3v) is 3.56. The molecule has 0 saturated heterocycles. The third kappa shape index (κ3) is 4.73. The van der Waals surface area contributed by atoms with Crippen LogP contribution in [0.4, 0.5) is 13.2 Å². The van der Waals surface area contributed by atoms with Crippen LogP contribution in [0.3, 0.4) is 0 Å². The van der Waals surface area contributed by atoms with Crippen molar-refractivity contribution >= 4 is 5.91 Å². The van der Waals surface area contributed by atoms with Crippen molar-refractivity contribution in [1.29, 1.82) is 5.26 Å². The van der Waals surface area contributed by atoms with Crippen molar-refractivity contribution in [1.82, 2.24) is 5.32 Å². The van der Waals surface area contributed by atoms with Crippen LogP contribution in [0.15, 0.2) is 0 Å². The molecule has 108 valence electrons. The summed E-state index contributed by atoms with van der Waals surface area (Å²) in [6.45, 7) is 1.89. The van der Waals surface area contributed by atoms with E-state index in [1.165, 1.54) is 0 Å². The minimum absolute atomic E-state index is 0.101. The summed E-state index contributed by atoms with van der Waals surface area (Å²) in [4.78, 5) is 11.9. The smallest absolute Gasteiger partial charge is 0.340 e. The average Bonchev–Trinajstić information content (AvgIpc) is 2.37. The molecule has 0 spiro atoms. The van der Waals surface area contributed by atoms with Crippen molar-refractivity contribution < 1.29 is 18.0 Å². The molecule has 0 radical (unpaired) electrons. The van der Waals surface area contributed by atoms with Gasteiger partial charge >= 0.3 is 6.18 Å². The third-order valence-electron chi connectivity index (χ3n) is 3.56. The number of amides is 1. The lowest BCUT2D eigenvalue weighted by molar-refractivity contribution is -0.186. The van der Waals surface area contributed by atoms with Gasteiger partial charge in [-0.2, -0.15) is 18.4 Å². The number of carbonyl (C=O) groups is 1. The largest absolute Gasteiger partial charge is 0.391 e. The molecule has 1 aliphatic carbocycles. The fourth-order valence-electron chi connectivity index (χ4n) is 2.47. The van der Waals surface area contributed by atoms with Gasteiger partial charge in [0.1, 0.15) is 6.04 Å². The van der Waals surface area contributed by atoms with Crippen LogP contribution in [-0.2, 0) is 4.79 Å². The molecule has 3 atom stereocenters. The number of nitrogens with zero attached hydrogens (tertiary/aromatic N) is 1. The summed E-state index contributed by atoms with van der Waals surface area (Å²) in [5.41, 5.74) is 0. The molecule has 0 heterocycles. The van der Waals surface area contributed by atoms with E-state index in [-0.39, 0.29) is 12.8 Å². The molecule has 1 saturated carbocycles. The first-order valence-electron chi connectivity index (χ1n) is 6.65. The predicted molar refractivity (Wildman–Crippen MR) is 64.0 cm³/mol. The van der Waals surface area contributed by atoms with Crippen molar-refractivity contribution in [3.8, 4) is 6.07 Å². The van der Waals surface area contributed by atoms with Crippen LogP contribution >= 0.6 is 0 Å². The van der Waals surface area contributed by atoms with Crippen LogP contribution in [-0.4, -0.2) is 18.1 Å². The van der Waals surface area contributed by atoms with E-state index in [9.17, 15) is 18.0 Å². The molecule has 0 aliphatic heterocycles. The molecule has 0 aromatic rings. The normalized spacial score (nSPS) is 25.4. The zero-order valence-electron chi connectivity index (χ0n) is 11.0. The minimum atomic E-state index is -4.23. The monoisotopic (exact) mass is 276 g/mol. The van der Waals surface area contributed by atoms with E-state index in [1.807, 2.05) is 13.0 Å². The highest BCUT2D eigenvalue weighted by atomic mass is 19.4. The van der Waals surface area contributed by atoms with E-state index in [0.717, 1.165) is 6.42 Å². The lowest BCUT2D eigenvalue weighted by atomic mass is 9.80. The summed E-state index contributed by atoms with van der Waals surface area (Å²) in [6, 6.07) is 1.37. The Morgan fingerprint density at radius 2 is 2.16 bits per heavy atom. The highest BCUT2D eigenvalue weighted by molar-refractivity contribution is 5.79. The van der Waals surface area contributed by atoms with E-state index < -0.39 is 30.0 Å². The zero-order valence-corrected chi connectivity index (χ0v) is 11.0. The summed E-state index contributed by atoms with van der Waals surface area (Å²) < 4.78 is 37.9. The van der Waals surface area contributed by atoms with Gasteiger partial charge in [0.25, 0.3) is 0 Å². The first kappa shape index (κ1) is 15.8. The second-order valence-electron chi connectivity index (χ2n) is 5.08. The Labute approximate surface area is 111 Å². The van der Waals surface area contributed by atoms with E-state index in [1.54, 1.807) is 0 Å². The van der Waals surface area contributed by atoms with E-state index in [0.29, 0.717) is 19.3 Å². The number of nitriles is 1. The molecule has 3 unspecified atom stereocenters. The van der Waals surface area contributed by atoms with E-state index in [2.05, 4.69) is 5.32 Å². The van der Waals surface area contributed by atoms with Crippen molar-refractivity contribution in [2.45, 2.75) is 57.7 Å². The van der Waals surface area contributed by atoms with Crippen LogP contribution in [0.25, 0.3) is 0 Å². The number of nitrogens with one attached hydrogen (secondary N) is 1. The second-order valence-corrected chi connectivity index (χ2v) is 5.08. The molecule has 1 fully saturated rings. The molecule has 1 aliphatic rings. The number of carbonyl (C=O) groups excluding carboxylic acids is 1. The first-order valence-corrected chi connectivity index (χ1v) is 6.65. The van der Waals surface area contributed by atoms with E-state index >= 15 is 0 Å². The van der Waals surface area contributed by atoms with Gasteiger partial charge < -0.3 is 5.32 Å². The van der Waals surface area contributed by atoms with Crippen LogP contribution in [0.2, 0.25) is 0 Å². The standard InChI is InChI=1S/C13H19F3N2O/c1-2-4-11(8-17)18-12(19)9-5-3-6-10(7-9)13(14,15)16/h9-11H,2-7H2,1H3,(H,18,19). The summed E-state index contributed by atoms with van der Waals surface area (Å²) >= 11 is 0. The van der Waals surface area contributed by atoms with Crippen molar-refractivity contribution in [3.63, 3.8) is 0 Å². The van der Waals surface area contributed by atoms with Gasteiger partial charge in [-0.15, -0.1) is 0 Å². The Hall–Kier alpha value is -1.25. The van der Waals surface area contributed by atoms with Gasteiger partial charge in [-0.1, -0.05) is 19.8 Å². The average molecular weight is 276 g/mol. The number of alkyl halides is 3. The van der Waals surface area contributed by atoms with Gasteiger partial charge in [-0.3, -0.25) is 4.79 Å². The highest BCUT2D eigenvalue weighted by Crippen LogP contribution is 2.39. The summed E-state index contributed by atoms with van der Waals surface area (Å²) in [6.07, 6.45) is -2.12. The number of hydrogen-bond acceptors (Lipinski definition) is 2. The summed E-state index contributed by atoms with van der Waals surface area (Å²) in [5, 5.41) is 11.4. The van der Waals surface area contributed by atoms with Gasteiger partial charge in [0.15, 0.2) is 0 Å². The molecule has 1 N–H and O–H groups in total. The Bertz CT molecular complexity index is 349. The molecular formula is C13H19F3N2O. The molecule has 3 nitrogen and oxygen atoms in total. The Morgan fingerprint density at radius 3 is 2.68 bits per heavy atom. The maximum Gasteiger partial charge on any atom is 0.391 e. The Balaban J connectivity index is 2.55. The highest BCUT2D eigenvalue weighted by Gasteiger charge is 2.43. The van der Waals surface area contributed by atoms with Crippen molar-refractivity contribution in [2.75, 3.05) is 0 Å². The topological polar surface area (TPSA) is 52.9 Å². The number of hydrogen-bond donors (Lipinski definition) is 1. The van der Waals surface area contributed by atoms with Crippen LogP contribution in [0.5, 0.6) is 0 Å². The van der Waals surface area contributed by atoms with Gasteiger partial charge in [0.2, 0.25) is 5.91 Å². The molecular weight excluding hydrogens is 257 g/mol. The fourth-order valence-corrected chi connectivity index (χ4v) is 2.47. The number of rotatable bonds is 4. The lowest BCUT2D eigenvalue weighted by Gasteiger charge is -2.30. The zero-order chi connectivity index (χ0) is 14.5. The maximum absolute atomic E-state index is 12.6. The Kier molecular flexibility index (Phi) is 5.64. The van der Waals surface area contributed by atoms with Gasteiger partial charge in [-0.05, 0) is 25.7 Å². The summed E-state index contributed by atoms with van der Waals surface area (Å²) in [7, 11) is 0. The van der Waals surface area contributed by atoms with Crippen LogP contribution in [0.1, 0.15) is 45.4 Å². The molecule has 1 amide bonds.